The predicted molar refractivity (Wildman–Crippen MR) is 114 cm³/mol. The molecule has 2 aromatic carbocycles. The SMILES string of the molecule is O=C(Cc1ccc(C[n+]2ccccc2)cc1)NC1Cc2cccc(C(=O)O)c2OB1O. The zero-order valence-corrected chi connectivity index (χ0v) is 16.8. The molecule has 1 aliphatic heterocycles. The molecule has 3 aromatic rings. The van der Waals surface area contributed by atoms with Crippen LogP contribution in [0.25, 0.3) is 0 Å². The third-order valence-electron chi connectivity index (χ3n) is 5.23. The molecule has 0 fully saturated rings. The Balaban J connectivity index is 1.36. The van der Waals surface area contributed by atoms with E-state index in [4.69, 9.17) is 4.65 Å². The van der Waals surface area contributed by atoms with Crippen LogP contribution in [0.4, 0.5) is 0 Å². The highest BCUT2D eigenvalue weighted by atomic mass is 16.5. The van der Waals surface area contributed by atoms with Crippen LogP contribution in [0.3, 0.4) is 0 Å². The van der Waals surface area contributed by atoms with Gasteiger partial charge in [-0.2, -0.15) is 0 Å². The summed E-state index contributed by atoms with van der Waals surface area (Å²) in [5.74, 6) is -1.87. The third kappa shape index (κ3) is 4.92. The molecule has 7 nitrogen and oxygen atoms in total. The summed E-state index contributed by atoms with van der Waals surface area (Å²) < 4.78 is 7.49. The van der Waals surface area contributed by atoms with Crippen molar-refractivity contribution >= 4 is 19.0 Å². The Morgan fingerprint density at radius 1 is 1.03 bits per heavy atom. The molecule has 0 saturated carbocycles. The number of carboxylic acid groups (broad SMARTS) is 1. The summed E-state index contributed by atoms with van der Waals surface area (Å²) in [5, 5.41) is 22.3. The van der Waals surface area contributed by atoms with E-state index in [1.54, 1.807) is 12.1 Å². The Hall–Kier alpha value is -3.65. The molecule has 0 spiro atoms. The van der Waals surface area contributed by atoms with Crippen LogP contribution in [0.5, 0.6) is 5.75 Å². The lowest BCUT2D eigenvalue weighted by Crippen LogP contribution is -2.53. The number of para-hydroxylation sites is 1. The van der Waals surface area contributed by atoms with Gasteiger partial charge in [-0.1, -0.05) is 42.5 Å². The number of aromatic carboxylic acids is 1. The Bertz CT molecular complexity index is 1090. The summed E-state index contributed by atoms with van der Waals surface area (Å²) in [6.45, 7) is 0.747. The molecule has 1 atom stereocenters. The normalized spacial score (nSPS) is 15.0. The maximum absolute atomic E-state index is 12.5. The maximum Gasteiger partial charge on any atom is 0.547 e. The van der Waals surface area contributed by atoms with E-state index in [0.29, 0.717) is 5.56 Å². The minimum absolute atomic E-state index is 0.00455. The molecule has 3 N–H and O–H groups in total. The Morgan fingerprint density at radius 2 is 1.74 bits per heavy atom. The number of amides is 1. The second-order valence-electron chi connectivity index (χ2n) is 7.53. The van der Waals surface area contributed by atoms with Crippen LogP contribution in [-0.2, 0) is 24.2 Å². The third-order valence-corrected chi connectivity index (χ3v) is 5.23. The van der Waals surface area contributed by atoms with E-state index in [9.17, 15) is 19.7 Å². The molecule has 1 unspecified atom stereocenters. The van der Waals surface area contributed by atoms with E-state index < -0.39 is 19.0 Å². The zero-order chi connectivity index (χ0) is 21.8. The fourth-order valence-electron chi connectivity index (χ4n) is 3.67. The van der Waals surface area contributed by atoms with E-state index in [-0.39, 0.29) is 30.1 Å². The van der Waals surface area contributed by atoms with Gasteiger partial charge in [0.25, 0.3) is 0 Å². The zero-order valence-electron chi connectivity index (χ0n) is 16.8. The van der Waals surface area contributed by atoms with Crippen molar-refractivity contribution in [3.63, 3.8) is 0 Å². The van der Waals surface area contributed by atoms with E-state index in [1.165, 1.54) is 6.07 Å². The molecule has 2 heterocycles. The van der Waals surface area contributed by atoms with Crippen molar-refractivity contribution in [3.8, 4) is 5.75 Å². The molecule has 31 heavy (non-hydrogen) atoms. The van der Waals surface area contributed by atoms with Crippen molar-refractivity contribution in [1.82, 2.24) is 5.32 Å². The quantitative estimate of drug-likeness (QED) is 0.416. The fraction of sp³-hybridized carbons (Fsp3) is 0.174. The van der Waals surface area contributed by atoms with E-state index >= 15 is 0 Å². The monoisotopic (exact) mass is 417 g/mol. The average molecular weight is 417 g/mol. The van der Waals surface area contributed by atoms with Gasteiger partial charge in [0.15, 0.2) is 18.9 Å². The van der Waals surface area contributed by atoms with Crippen LogP contribution in [0.2, 0.25) is 0 Å². The number of rotatable bonds is 6. The number of carbonyl (C=O) groups excluding carboxylic acids is 1. The van der Waals surface area contributed by atoms with Crippen LogP contribution in [0, 0.1) is 0 Å². The van der Waals surface area contributed by atoms with Crippen LogP contribution in [0.1, 0.15) is 27.0 Å². The number of pyridine rings is 1. The number of hydrogen-bond acceptors (Lipinski definition) is 4. The molecule has 0 radical (unpaired) electrons. The van der Waals surface area contributed by atoms with Gasteiger partial charge in [0.1, 0.15) is 5.75 Å². The second kappa shape index (κ2) is 9.01. The summed E-state index contributed by atoms with van der Waals surface area (Å²) >= 11 is 0. The molecule has 0 bridgehead atoms. The number of benzene rings is 2. The van der Waals surface area contributed by atoms with Crippen molar-refractivity contribution in [2.24, 2.45) is 0 Å². The number of nitrogens with zero attached hydrogens (tertiary/aromatic N) is 1. The van der Waals surface area contributed by atoms with Crippen LogP contribution in [-0.4, -0.2) is 35.1 Å². The average Bonchev–Trinajstić information content (AvgIpc) is 2.76. The summed E-state index contributed by atoms with van der Waals surface area (Å²) in [6.07, 6.45) is 4.45. The van der Waals surface area contributed by atoms with Gasteiger partial charge in [0, 0.05) is 17.7 Å². The lowest BCUT2D eigenvalue weighted by molar-refractivity contribution is -0.688. The largest absolute Gasteiger partial charge is 0.547 e. The minimum Gasteiger partial charge on any atom is -0.534 e. The molecule has 4 rings (SSSR count). The maximum atomic E-state index is 12.5. The number of carbonyl (C=O) groups is 2. The first-order chi connectivity index (χ1) is 15.0. The van der Waals surface area contributed by atoms with E-state index in [0.717, 1.165) is 17.7 Å². The van der Waals surface area contributed by atoms with Crippen molar-refractivity contribution < 1.29 is 28.9 Å². The number of aromatic nitrogens is 1. The van der Waals surface area contributed by atoms with Gasteiger partial charge in [0.2, 0.25) is 5.91 Å². The standard InChI is InChI=1S/C23H21BN2O5/c27-21(13-16-7-9-17(10-8-16)15-26-11-2-1-3-12-26)25-20-14-18-5-4-6-19(23(28)29)22(18)31-24(20)30/h1-12,20,30H,13-15H2,(H-,25,27,28,29)/p+1. The summed E-state index contributed by atoms with van der Waals surface area (Å²) in [4.78, 5) is 23.8. The van der Waals surface area contributed by atoms with Gasteiger partial charge >= 0.3 is 13.1 Å². The number of fused-ring (bicyclic) bond motifs is 1. The highest BCUT2D eigenvalue weighted by Gasteiger charge is 2.37. The molecule has 0 saturated heterocycles. The van der Waals surface area contributed by atoms with Gasteiger partial charge in [-0.3, -0.25) is 4.79 Å². The highest BCUT2D eigenvalue weighted by molar-refractivity contribution is 6.47. The Kier molecular flexibility index (Phi) is 6.00. The minimum atomic E-state index is -1.32. The van der Waals surface area contributed by atoms with Crippen molar-refractivity contribution in [2.75, 3.05) is 0 Å². The molecular weight excluding hydrogens is 395 g/mol. The Labute approximate surface area is 180 Å². The number of carboxylic acids is 1. The van der Waals surface area contributed by atoms with Crippen molar-refractivity contribution in [1.29, 1.82) is 0 Å². The number of nitrogens with one attached hydrogen (secondary N) is 1. The first-order valence-corrected chi connectivity index (χ1v) is 10.0. The summed E-state index contributed by atoms with van der Waals surface area (Å²) in [5.41, 5.74) is 2.62. The first-order valence-electron chi connectivity index (χ1n) is 10.0. The molecule has 1 aliphatic rings. The van der Waals surface area contributed by atoms with Gasteiger partial charge in [0.05, 0.1) is 17.9 Å². The van der Waals surface area contributed by atoms with Gasteiger partial charge < -0.3 is 20.1 Å². The molecule has 156 valence electrons. The number of hydrogen-bond donors (Lipinski definition) is 3. The molecule has 1 aromatic heterocycles. The lowest BCUT2D eigenvalue weighted by Gasteiger charge is -2.28. The highest BCUT2D eigenvalue weighted by Crippen LogP contribution is 2.30. The molecule has 8 heteroatoms. The van der Waals surface area contributed by atoms with Crippen LogP contribution in [0.15, 0.2) is 73.1 Å². The summed E-state index contributed by atoms with van der Waals surface area (Å²) in [7, 11) is -1.32. The van der Waals surface area contributed by atoms with Gasteiger partial charge in [-0.05, 0) is 23.6 Å². The fourth-order valence-corrected chi connectivity index (χ4v) is 3.67. The van der Waals surface area contributed by atoms with Crippen LogP contribution >= 0.6 is 0 Å². The smallest absolute Gasteiger partial charge is 0.534 e. The molecule has 0 aliphatic carbocycles. The van der Waals surface area contributed by atoms with Crippen LogP contribution < -0.4 is 14.5 Å². The van der Waals surface area contributed by atoms with Crippen molar-refractivity contribution in [2.45, 2.75) is 25.3 Å². The predicted octanol–water partition coefficient (Wildman–Crippen LogP) is 1.40. The van der Waals surface area contributed by atoms with E-state index in [2.05, 4.69) is 9.88 Å². The van der Waals surface area contributed by atoms with E-state index in [1.807, 2.05) is 54.9 Å². The lowest BCUT2D eigenvalue weighted by atomic mass is 9.72. The second-order valence-corrected chi connectivity index (χ2v) is 7.53. The molecular formula is C23H22BN2O5+. The Morgan fingerprint density at radius 3 is 2.45 bits per heavy atom. The first kappa shape index (κ1) is 20.6. The topological polar surface area (TPSA) is 99.7 Å². The van der Waals surface area contributed by atoms with Crippen molar-refractivity contribution in [3.05, 3.63) is 95.3 Å². The van der Waals surface area contributed by atoms with Gasteiger partial charge in [-0.15, -0.1) is 0 Å². The summed E-state index contributed by atoms with van der Waals surface area (Å²) in [6, 6.07) is 18.5. The van der Waals surface area contributed by atoms with Gasteiger partial charge in [-0.25, -0.2) is 9.36 Å². The molecule has 1 amide bonds.